The first-order valence-corrected chi connectivity index (χ1v) is 7.52. The number of aryl methyl sites for hydroxylation is 1. The zero-order valence-electron chi connectivity index (χ0n) is 13.4. The molecule has 6 heteroatoms. The Balaban J connectivity index is 2.02. The molecule has 0 heterocycles. The predicted molar refractivity (Wildman–Crippen MR) is 82.9 cm³/mol. The molecular formula is C18H18F4O2. The number of alkyl halides is 2. The van der Waals surface area contributed by atoms with Gasteiger partial charge in [0.2, 0.25) is 11.6 Å². The SMILES string of the molecule is CCOc1ccc(OCC(F)C(F)c2ccc(C)cc2)c(F)c1F. The number of hydrogen-bond acceptors (Lipinski definition) is 2. The molecule has 0 saturated heterocycles. The quantitative estimate of drug-likeness (QED) is 0.652. The molecule has 0 saturated carbocycles. The topological polar surface area (TPSA) is 18.5 Å². The molecule has 0 aromatic heterocycles. The van der Waals surface area contributed by atoms with Crippen LogP contribution in [0.4, 0.5) is 17.6 Å². The van der Waals surface area contributed by atoms with Crippen molar-refractivity contribution in [1.29, 1.82) is 0 Å². The first kappa shape index (κ1) is 18.1. The molecule has 2 unspecified atom stereocenters. The fourth-order valence-electron chi connectivity index (χ4n) is 2.11. The first-order valence-electron chi connectivity index (χ1n) is 7.52. The summed E-state index contributed by atoms with van der Waals surface area (Å²) in [4.78, 5) is 0. The highest BCUT2D eigenvalue weighted by molar-refractivity contribution is 5.35. The van der Waals surface area contributed by atoms with Gasteiger partial charge in [-0.25, -0.2) is 8.78 Å². The van der Waals surface area contributed by atoms with E-state index in [1.807, 2.05) is 6.92 Å². The molecule has 0 aliphatic heterocycles. The third-order valence-electron chi connectivity index (χ3n) is 3.42. The number of hydrogen-bond donors (Lipinski definition) is 0. The summed E-state index contributed by atoms with van der Waals surface area (Å²) in [6.07, 6.45) is -3.93. The van der Waals surface area contributed by atoms with E-state index in [9.17, 15) is 17.6 Å². The molecule has 0 bridgehead atoms. The van der Waals surface area contributed by atoms with Gasteiger partial charge in [-0.05, 0) is 31.5 Å². The normalized spacial score (nSPS) is 13.4. The van der Waals surface area contributed by atoms with Crippen molar-refractivity contribution in [1.82, 2.24) is 0 Å². The highest BCUT2D eigenvalue weighted by Gasteiger charge is 2.24. The smallest absolute Gasteiger partial charge is 0.204 e. The van der Waals surface area contributed by atoms with Gasteiger partial charge in [0.05, 0.1) is 6.61 Å². The first-order chi connectivity index (χ1) is 11.4. The molecule has 0 N–H and O–H groups in total. The van der Waals surface area contributed by atoms with E-state index in [2.05, 4.69) is 0 Å². The lowest BCUT2D eigenvalue weighted by Crippen LogP contribution is -2.19. The van der Waals surface area contributed by atoms with E-state index in [4.69, 9.17) is 9.47 Å². The molecule has 0 aliphatic rings. The van der Waals surface area contributed by atoms with Crippen molar-refractivity contribution >= 4 is 0 Å². The van der Waals surface area contributed by atoms with Crippen LogP contribution in [0.5, 0.6) is 11.5 Å². The molecule has 24 heavy (non-hydrogen) atoms. The lowest BCUT2D eigenvalue weighted by Gasteiger charge is -2.16. The van der Waals surface area contributed by atoms with Gasteiger partial charge in [-0.1, -0.05) is 29.8 Å². The summed E-state index contributed by atoms with van der Waals surface area (Å²) < 4.78 is 65.3. The molecular weight excluding hydrogens is 324 g/mol. The van der Waals surface area contributed by atoms with Gasteiger partial charge >= 0.3 is 0 Å². The van der Waals surface area contributed by atoms with Crippen molar-refractivity contribution in [3.8, 4) is 11.5 Å². The van der Waals surface area contributed by atoms with Crippen LogP contribution in [0.15, 0.2) is 36.4 Å². The summed E-state index contributed by atoms with van der Waals surface area (Å²) in [6, 6.07) is 8.58. The van der Waals surface area contributed by atoms with E-state index in [1.54, 1.807) is 19.1 Å². The van der Waals surface area contributed by atoms with E-state index in [0.717, 1.165) is 11.6 Å². The fraction of sp³-hybridized carbons (Fsp3) is 0.333. The second-order valence-electron chi connectivity index (χ2n) is 5.26. The van der Waals surface area contributed by atoms with Crippen molar-refractivity contribution in [2.75, 3.05) is 13.2 Å². The molecule has 2 rings (SSSR count). The minimum absolute atomic E-state index is 0.162. The van der Waals surface area contributed by atoms with Crippen LogP contribution in [0.2, 0.25) is 0 Å². The lowest BCUT2D eigenvalue weighted by atomic mass is 10.1. The van der Waals surface area contributed by atoms with E-state index in [0.29, 0.717) is 0 Å². The average molecular weight is 342 g/mol. The summed E-state index contributed by atoms with van der Waals surface area (Å²) in [7, 11) is 0. The van der Waals surface area contributed by atoms with Crippen molar-refractivity contribution in [2.24, 2.45) is 0 Å². The standard InChI is InChI=1S/C18H18F4O2/c1-3-23-14-8-9-15(18(22)17(14)21)24-10-13(19)16(20)12-6-4-11(2)5-7-12/h4-9,13,16H,3,10H2,1-2H3. The molecule has 2 aromatic rings. The zero-order chi connectivity index (χ0) is 17.7. The van der Waals surface area contributed by atoms with E-state index >= 15 is 0 Å². The summed E-state index contributed by atoms with van der Waals surface area (Å²) in [5, 5.41) is 0. The van der Waals surface area contributed by atoms with Crippen molar-refractivity contribution in [3.63, 3.8) is 0 Å². The average Bonchev–Trinajstić information content (AvgIpc) is 2.58. The van der Waals surface area contributed by atoms with Crippen molar-refractivity contribution < 1.29 is 27.0 Å². The molecule has 130 valence electrons. The van der Waals surface area contributed by atoms with Gasteiger partial charge in [0, 0.05) is 0 Å². The minimum atomic E-state index is -2.01. The van der Waals surface area contributed by atoms with Gasteiger partial charge in [0.15, 0.2) is 23.8 Å². The predicted octanol–water partition coefficient (Wildman–Crippen LogP) is 5.10. The van der Waals surface area contributed by atoms with Gasteiger partial charge in [0.1, 0.15) is 6.61 Å². The Morgan fingerprint density at radius 3 is 1.96 bits per heavy atom. The van der Waals surface area contributed by atoms with Crippen LogP contribution >= 0.6 is 0 Å². The van der Waals surface area contributed by atoms with Crippen LogP contribution in [0.25, 0.3) is 0 Å². The molecule has 0 aliphatic carbocycles. The Kier molecular flexibility index (Phi) is 6.06. The second kappa shape index (κ2) is 8.04. The van der Waals surface area contributed by atoms with E-state index < -0.39 is 36.3 Å². The summed E-state index contributed by atoms with van der Waals surface area (Å²) in [5.41, 5.74) is 1.08. The van der Waals surface area contributed by atoms with E-state index in [1.165, 1.54) is 18.2 Å². The second-order valence-corrected chi connectivity index (χ2v) is 5.26. The maximum absolute atomic E-state index is 14.1. The Morgan fingerprint density at radius 1 is 0.875 bits per heavy atom. The fourth-order valence-corrected chi connectivity index (χ4v) is 2.11. The molecule has 0 radical (unpaired) electrons. The highest BCUT2D eigenvalue weighted by Crippen LogP contribution is 2.29. The van der Waals surface area contributed by atoms with Crippen LogP contribution in [-0.4, -0.2) is 19.4 Å². The zero-order valence-corrected chi connectivity index (χ0v) is 13.4. The molecule has 2 aromatic carbocycles. The Morgan fingerprint density at radius 2 is 1.42 bits per heavy atom. The van der Waals surface area contributed by atoms with Gasteiger partial charge in [-0.15, -0.1) is 0 Å². The van der Waals surface area contributed by atoms with Gasteiger partial charge in [0.25, 0.3) is 0 Å². The lowest BCUT2D eigenvalue weighted by molar-refractivity contribution is 0.106. The largest absolute Gasteiger partial charge is 0.491 e. The van der Waals surface area contributed by atoms with Gasteiger partial charge < -0.3 is 9.47 Å². The summed E-state index contributed by atoms with van der Waals surface area (Å²) in [6.45, 7) is 2.89. The molecule has 0 amide bonds. The Bertz CT molecular complexity index is 673. The maximum Gasteiger partial charge on any atom is 0.204 e. The van der Waals surface area contributed by atoms with Crippen LogP contribution in [0.3, 0.4) is 0 Å². The van der Waals surface area contributed by atoms with Crippen LogP contribution < -0.4 is 9.47 Å². The van der Waals surface area contributed by atoms with Crippen LogP contribution in [0, 0.1) is 18.6 Å². The van der Waals surface area contributed by atoms with Crippen LogP contribution in [0.1, 0.15) is 24.2 Å². The van der Waals surface area contributed by atoms with E-state index in [-0.39, 0.29) is 17.9 Å². The Hall–Kier alpha value is -2.24. The Labute approximate surface area is 138 Å². The van der Waals surface area contributed by atoms with Crippen molar-refractivity contribution in [3.05, 3.63) is 59.2 Å². The van der Waals surface area contributed by atoms with Gasteiger partial charge in [-0.3, -0.25) is 0 Å². The molecule has 0 fully saturated rings. The van der Waals surface area contributed by atoms with Crippen molar-refractivity contribution in [2.45, 2.75) is 26.2 Å². The number of rotatable bonds is 7. The number of halogens is 4. The minimum Gasteiger partial charge on any atom is -0.491 e. The highest BCUT2D eigenvalue weighted by atomic mass is 19.2. The third kappa shape index (κ3) is 4.19. The summed E-state index contributed by atoms with van der Waals surface area (Å²) >= 11 is 0. The third-order valence-corrected chi connectivity index (χ3v) is 3.42. The number of ether oxygens (including phenoxy) is 2. The molecule has 2 atom stereocenters. The molecule has 2 nitrogen and oxygen atoms in total. The van der Waals surface area contributed by atoms with Crippen LogP contribution in [-0.2, 0) is 0 Å². The molecule has 0 spiro atoms. The monoisotopic (exact) mass is 342 g/mol. The maximum atomic E-state index is 14.1. The van der Waals surface area contributed by atoms with Gasteiger partial charge in [-0.2, -0.15) is 8.78 Å². The summed E-state index contributed by atoms with van der Waals surface area (Å²) in [5.74, 6) is -3.27. The number of benzene rings is 2.